The number of fused-ring (bicyclic) bond motifs is 5. The SMILES string of the molecule is C[C@@]12CCC[C@@H]1[C@@H]1CC[C@@]3(C)C[C@H](O)CC[C@]3(C)[C@@H]1CC2. The second-order valence-corrected chi connectivity index (χ2v) is 9.88. The summed E-state index contributed by atoms with van der Waals surface area (Å²) in [6, 6.07) is 0. The summed E-state index contributed by atoms with van der Waals surface area (Å²) in [5.41, 5.74) is 1.58. The maximum Gasteiger partial charge on any atom is 0.0545 e. The minimum absolute atomic E-state index is 0.0278. The third-order valence-corrected chi connectivity index (χ3v) is 9.13. The zero-order chi connectivity index (χ0) is 14.9. The fourth-order valence-corrected chi connectivity index (χ4v) is 7.60. The molecular formula is C20H34O. The van der Waals surface area contributed by atoms with Gasteiger partial charge in [0.2, 0.25) is 0 Å². The van der Waals surface area contributed by atoms with Gasteiger partial charge in [0, 0.05) is 0 Å². The van der Waals surface area contributed by atoms with Crippen LogP contribution in [0.5, 0.6) is 0 Å². The molecule has 0 radical (unpaired) electrons. The van der Waals surface area contributed by atoms with Gasteiger partial charge in [-0.25, -0.2) is 0 Å². The summed E-state index contributed by atoms with van der Waals surface area (Å²) >= 11 is 0. The van der Waals surface area contributed by atoms with Gasteiger partial charge in [0.15, 0.2) is 0 Å². The predicted molar refractivity (Wildman–Crippen MR) is 87.0 cm³/mol. The molecule has 4 aliphatic carbocycles. The van der Waals surface area contributed by atoms with Crippen LogP contribution in [0.1, 0.15) is 85.0 Å². The highest BCUT2D eigenvalue weighted by atomic mass is 16.3. The van der Waals surface area contributed by atoms with Gasteiger partial charge in [-0.2, -0.15) is 0 Å². The third kappa shape index (κ3) is 1.85. The van der Waals surface area contributed by atoms with Crippen LogP contribution in [0.2, 0.25) is 0 Å². The number of hydrogen-bond acceptors (Lipinski definition) is 1. The second-order valence-electron chi connectivity index (χ2n) is 9.88. The molecule has 0 aromatic rings. The number of hydrogen-bond donors (Lipinski definition) is 1. The molecule has 0 saturated heterocycles. The normalized spacial score (nSPS) is 60.0. The van der Waals surface area contributed by atoms with Crippen molar-refractivity contribution < 1.29 is 5.11 Å². The summed E-state index contributed by atoms with van der Waals surface area (Å²) in [5.74, 6) is 2.96. The van der Waals surface area contributed by atoms with E-state index in [1.165, 1.54) is 51.4 Å². The Morgan fingerprint density at radius 3 is 2.43 bits per heavy atom. The maximum absolute atomic E-state index is 10.2. The number of aliphatic hydroxyl groups excluding tert-OH is 1. The van der Waals surface area contributed by atoms with Crippen LogP contribution < -0.4 is 0 Å². The van der Waals surface area contributed by atoms with E-state index in [0.717, 1.165) is 30.6 Å². The Balaban J connectivity index is 1.67. The molecule has 21 heavy (non-hydrogen) atoms. The van der Waals surface area contributed by atoms with E-state index in [2.05, 4.69) is 20.8 Å². The van der Waals surface area contributed by atoms with Crippen LogP contribution in [0, 0.1) is 34.0 Å². The van der Waals surface area contributed by atoms with Gasteiger partial charge in [0.25, 0.3) is 0 Å². The second kappa shape index (κ2) is 4.49. The van der Waals surface area contributed by atoms with Gasteiger partial charge in [0.1, 0.15) is 0 Å². The van der Waals surface area contributed by atoms with Crippen LogP contribution in [0.25, 0.3) is 0 Å². The molecule has 4 aliphatic rings. The molecule has 1 heteroatoms. The van der Waals surface area contributed by atoms with Crippen LogP contribution >= 0.6 is 0 Å². The van der Waals surface area contributed by atoms with Crippen LogP contribution in [0.15, 0.2) is 0 Å². The molecule has 7 atom stereocenters. The lowest BCUT2D eigenvalue weighted by molar-refractivity contribution is -0.166. The Bertz CT molecular complexity index is 432. The van der Waals surface area contributed by atoms with E-state index in [4.69, 9.17) is 0 Å². The molecule has 0 amide bonds. The molecule has 120 valence electrons. The summed E-state index contributed by atoms with van der Waals surface area (Å²) in [6.45, 7) is 7.71. The van der Waals surface area contributed by atoms with E-state index in [-0.39, 0.29) is 6.10 Å². The summed E-state index contributed by atoms with van der Waals surface area (Å²) in [6.07, 6.45) is 13.6. The highest BCUT2D eigenvalue weighted by molar-refractivity contribution is 5.11. The van der Waals surface area contributed by atoms with Crippen LogP contribution in [0.4, 0.5) is 0 Å². The van der Waals surface area contributed by atoms with E-state index in [1.54, 1.807) is 0 Å². The highest BCUT2D eigenvalue weighted by Crippen LogP contribution is 2.69. The first-order valence-corrected chi connectivity index (χ1v) is 9.56. The van der Waals surface area contributed by atoms with Crippen molar-refractivity contribution in [2.24, 2.45) is 34.0 Å². The molecule has 0 unspecified atom stereocenters. The van der Waals surface area contributed by atoms with E-state index in [1.807, 2.05) is 0 Å². The van der Waals surface area contributed by atoms with Gasteiger partial charge in [0.05, 0.1) is 6.10 Å². The summed E-state index contributed by atoms with van der Waals surface area (Å²) < 4.78 is 0. The summed E-state index contributed by atoms with van der Waals surface area (Å²) in [7, 11) is 0. The molecule has 1 N–H and O–H groups in total. The van der Waals surface area contributed by atoms with E-state index in [0.29, 0.717) is 16.2 Å². The lowest BCUT2D eigenvalue weighted by atomic mass is 9.40. The Morgan fingerprint density at radius 1 is 0.810 bits per heavy atom. The molecule has 0 aromatic carbocycles. The van der Waals surface area contributed by atoms with Gasteiger partial charge >= 0.3 is 0 Å². The van der Waals surface area contributed by atoms with Gasteiger partial charge in [-0.15, -0.1) is 0 Å². The summed E-state index contributed by atoms with van der Waals surface area (Å²) in [4.78, 5) is 0. The average Bonchev–Trinajstić information content (AvgIpc) is 2.82. The minimum atomic E-state index is -0.0278. The molecule has 1 nitrogen and oxygen atoms in total. The smallest absolute Gasteiger partial charge is 0.0545 e. The lowest BCUT2D eigenvalue weighted by Gasteiger charge is -2.64. The minimum Gasteiger partial charge on any atom is -0.393 e. The first-order valence-electron chi connectivity index (χ1n) is 9.56. The lowest BCUT2D eigenvalue weighted by Crippen LogP contribution is -2.57. The van der Waals surface area contributed by atoms with Crippen molar-refractivity contribution in [1.82, 2.24) is 0 Å². The standard InChI is InChI=1S/C20H34O/c1-18-9-4-5-16(18)15-7-11-19(2)13-14(21)6-12-20(19,3)17(15)8-10-18/h14-17,21H,4-13H2,1-3H3/t14-,15+,16-,17-,18+,19+,20-/m1/s1. The molecule has 4 saturated carbocycles. The van der Waals surface area contributed by atoms with Gasteiger partial charge in [-0.1, -0.05) is 27.2 Å². The Morgan fingerprint density at radius 2 is 1.62 bits per heavy atom. The highest BCUT2D eigenvalue weighted by Gasteiger charge is 2.61. The third-order valence-electron chi connectivity index (χ3n) is 9.13. The topological polar surface area (TPSA) is 20.2 Å². The largest absolute Gasteiger partial charge is 0.393 e. The van der Waals surface area contributed by atoms with Crippen molar-refractivity contribution in [1.29, 1.82) is 0 Å². The molecular weight excluding hydrogens is 256 g/mol. The van der Waals surface area contributed by atoms with Crippen LogP contribution in [-0.4, -0.2) is 11.2 Å². The molecule has 4 rings (SSSR count). The summed E-state index contributed by atoms with van der Waals surface area (Å²) in [5, 5.41) is 10.2. The Labute approximate surface area is 130 Å². The van der Waals surface area contributed by atoms with E-state index < -0.39 is 0 Å². The van der Waals surface area contributed by atoms with Crippen molar-refractivity contribution in [3.05, 3.63) is 0 Å². The fourth-order valence-electron chi connectivity index (χ4n) is 7.60. The molecule has 4 fully saturated rings. The van der Waals surface area contributed by atoms with Crippen molar-refractivity contribution in [3.8, 4) is 0 Å². The monoisotopic (exact) mass is 290 g/mol. The first kappa shape index (κ1) is 14.5. The number of aliphatic hydroxyl groups is 1. The van der Waals surface area contributed by atoms with E-state index >= 15 is 0 Å². The number of rotatable bonds is 0. The van der Waals surface area contributed by atoms with Crippen molar-refractivity contribution in [2.75, 3.05) is 0 Å². The maximum atomic E-state index is 10.2. The fraction of sp³-hybridized carbons (Fsp3) is 1.00. The van der Waals surface area contributed by atoms with Gasteiger partial charge in [-0.3, -0.25) is 0 Å². The molecule has 0 aromatic heterocycles. The zero-order valence-corrected chi connectivity index (χ0v) is 14.3. The molecule has 0 spiro atoms. The van der Waals surface area contributed by atoms with Crippen molar-refractivity contribution >= 4 is 0 Å². The van der Waals surface area contributed by atoms with Crippen molar-refractivity contribution in [3.63, 3.8) is 0 Å². The average molecular weight is 290 g/mol. The molecule has 0 aliphatic heterocycles. The molecule has 0 bridgehead atoms. The Hall–Kier alpha value is -0.0400. The van der Waals surface area contributed by atoms with Gasteiger partial charge < -0.3 is 5.11 Å². The van der Waals surface area contributed by atoms with Gasteiger partial charge in [-0.05, 0) is 91.8 Å². The Kier molecular flexibility index (Phi) is 3.11. The predicted octanol–water partition coefficient (Wildman–Crippen LogP) is 5.17. The molecule has 0 heterocycles. The van der Waals surface area contributed by atoms with Crippen LogP contribution in [0.3, 0.4) is 0 Å². The zero-order valence-electron chi connectivity index (χ0n) is 14.3. The quantitative estimate of drug-likeness (QED) is 0.652. The van der Waals surface area contributed by atoms with Crippen molar-refractivity contribution in [2.45, 2.75) is 91.1 Å². The van der Waals surface area contributed by atoms with Crippen LogP contribution in [-0.2, 0) is 0 Å². The first-order chi connectivity index (χ1) is 9.88. The van der Waals surface area contributed by atoms with E-state index in [9.17, 15) is 5.11 Å².